The van der Waals surface area contributed by atoms with Gasteiger partial charge in [0.25, 0.3) is 5.69 Å². The van der Waals surface area contributed by atoms with E-state index in [0.717, 1.165) is 17.2 Å². The fourth-order valence-electron chi connectivity index (χ4n) is 2.81. The highest BCUT2D eigenvalue weighted by Gasteiger charge is 2.25. The first-order valence-electron chi connectivity index (χ1n) is 8.87. The Balaban J connectivity index is 2.40. The molecule has 1 N–H and O–H groups in total. The van der Waals surface area contributed by atoms with Gasteiger partial charge in [0.05, 0.1) is 15.5 Å². The summed E-state index contributed by atoms with van der Waals surface area (Å²) in [5.41, 5.74) is 5.07. The van der Waals surface area contributed by atoms with Crippen molar-refractivity contribution in [3.05, 3.63) is 63.7 Å². The first-order valence-corrected chi connectivity index (χ1v) is 10.3. The number of hydrogen-bond donors (Lipinski definition) is 1. The third-order valence-electron chi connectivity index (χ3n) is 4.39. The van der Waals surface area contributed by atoms with Gasteiger partial charge in [0.1, 0.15) is 5.69 Å². The largest absolute Gasteiger partial charge is 0.295 e. The Morgan fingerprint density at radius 1 is 1.18 bits per heavy atom. The van der Waals surface area contributed by atoms with Gasteiger partial charge in [0, 0.05) is 24.7 Å². The van der Waals surface area contributed by atoms with Gasteiger partial charge in [-0.05, 0) is 31.5 Å². The molecule has 0 radical (unpaired) electrons. The molecule has 2 aromatic carbocycles. The minimum absolute atomic E-state index is 0.118. The molecule has 0 bridgehead atoms. The lowest BCUT2D eigenvalue weighted by atomic mass is 10.1. The van der Waals surface area contributed by atoms with Crippen molar-refractivity contribution in [1.82, 2.24) is 4.31 Å². The molecule has 0 unspecified atom stereocenters. The lowest BCUT2D eigenvalue weighted by molar-refractivity contribution is -0.384. The Kier molecular flexibility index (Phi) is 6.87. The zero-order valence-electron chi connectivity index (χ0n) is 16.3. The molecule has 0 aliphatic carbocycles. The third-order valence-corrected chi connectivity index (χ3v) is 6.43. The van der Waals surface area contributed by atoms with Crippen LogP contribution in [-0.2, 0) is 10.0 Å². The number of nitro benzene ring substituents is 1. The number of sulfonamides is 1. The molecule has 0 atom stereocenters. The molecule has 9 heteroatoms. The van der Waals surface area contributed by atoms with Gasteiger partial charge in [-0.25, -0.2) is 8.42 Å². The lowest BCUT2D eigenvalue weighted by Crippen LogP contribution is -2.30. The van der Waals surface area contributed by atoms with Crippen LogP contribution in [0, 0.1) is 17.0 Å². The van der Waals surface area contributed by atoms with Crippen molar-refractivity contribution in [3.63, 3.8) is 0 Å². The average molecular weight is 404 g/mol. The van der Waals surface area contributed by atoms with Gasteiger partial charge in [0.2, 0.25) is 10.0 Å². The summed E-state index contributed by atoms with van der Waals surface area (Å²) in [5, 5.41) is 15.7. The maximum atomic E-state index is 12.6. The Bertz CT molecular complexity index is 999. The summed E-state index contributed by atoms with van der Waals surface area (Å²) in [6, 6.07) is 11.4. The molecular formula is C19H24N4O4S. The van der Waals surface area contributed by atoms with Gasteiger partial charge < -0.3 is 0 Å². The van der Waals surface area contributed by atoms with Gasteiger partial charge in [-0.1, -0.05) is 38.1 Å². The lowest BCUT2D eigenvalue weighted by Gasteiger charge is -2.18. The van der Waals surface area contributed by atoms with Crippen LogP contribution in [0.15, 0.2) is 52.5 Å². The first-order chi connectivity index (χ1) is 13.2. The highest BCUT2D eigenvalue weighted by molar-refractivity contribution is 7.89. The van der Waals surface area contributed by atoms with E-state index in [2.05, 4.69) is 10.5 Å². The zero-order valence-corrected chi connectivity index (χ0v) is 17.2. The average Bonchev–Trinajstić information content (AvgIpc) is 2.67. The Hall–Kier alpha value is -2.78. The second-order valence-electron chi connectivity index (χ2n) is 6.15. The maximum Gasteiger partial charge on any atom is 0.295 e. The molecular weight excluding hydrogens is 380 g/mol. The van der Waals surface area contributed by atoms with E-state index < -0.39 is 14.9 Å². The summed E-state index contributed by atoms with van der Waals surface area (Å²) in [7, 11) is -3.79. The predicted octanol–water partition coefficient (Wildman–Crippen LogP) is 3.77. The number of benzene rings is 2. The van der Waals surface area contributed by atoms with Crippen molar-refractivity contribution in [2.75, 3.05) is 18.5 Å². The van der Waals surface area contributed by atoms with Crippen LogP contribution in [-0.4, -0.2) is 36.4 Å². The van der Waals surface area contributed by atoms with E-state index >= 15 is 0 Å². The van der Waals surface area contributed by atoms with Crippen LogP contribution in [0.4, 0.5) is 11.4 Å². The molecule has 0 saturated carbocycles. The number of nitrogens with one attached hydrogen (secondary N) is 1. The standard InChI is InChI=1S/C19H24N4O4S/c1-5-22(6-2)28(26,27)16-11-12-18(19(13-16)23(24)25)21-20-15(4)17-10-8-7-9-14(17)3/h7-13,21H,5-6H2,1-4H3/b20-15-. The quantitative estimate of drug-likeness (QED) is 0.410. The van der Waals surface area contributed by atoms with Crippen LogP contribution >= 0.6 is 0 Å². The number of hydrazone groups is 1. The second-order valence-corrected chi connectivity index (χ2v) is 8.09. The molecule has 8 nitrogen and oxygen atoms in total. The predicted molar refractivity (Wildman–Crippen MR) is 110 cm³/mol. The second kappa shape index (κ2) is 8.94. The van der Waals surface area contributed by atoms with Crippen molar-refractivity contribution < 1.29 is 13.3 Å². The van der Waals surface area contributed by atoms with Crippen molar-refractivity contribution in [2.24, 2.45) is 5.10 Å². The molecule has 2 rings (SSSR count). The minimum atomic E-state index is -3.79. The molecule has 0 spiro atoms. The number of aryl methyl sites for hydroxylation is 1. The van der Waals surface area contributed by atoms with E-state index in [1.165, 1.54) is 16.4 Å². The van der Waals surface area contributed by atoms with Crippen molar-refractivity contribution in [2.45, 2.75) is 32.6 Å². The van der Waals surface area contributed by atoms with E-state index in [1.807, 2.05) is 31.2 Å². The summed E-state index contributed by atoms with van der Waals surface area (Å²) in [6.45, 7) is 7.74. The molecule has 0 amide bonds. The monoisotopic (exact) mass is 404 g/mol. The summed E-state index contributed by atoms with van der Waals surface area (Å²) >= 11 is 0. The fourth-order valence-corrected chi connectivity index (χ4v) is 4.29. The molecule has 28 heavy (non-hydrogen) atoms. The third kappa shape index (κ3) is 4.55. The Morgan fingerprint density at radius 3 is 2.39 bits per heavy atom. The van der Waals surface area contributed by atoms with E-state index in [1.54, 1.807) is 20.8 Å². The molecule has 2 aromatic rings. The molecule has 0 saturated heterocycles. The van der Waals surface area contributed by atoms with Gasteiger partial charge >= 0.3 is 0 Å². The minimum Gasteiger partial charge on any atom is -0.271 e. The van der Waals surface area contributed by atoms with Crippen molar-refractivity contribution in [1.29, 1.82) is 0 Å². The highest BCUT2D eigenvalue weighted by Crippen LogP contribution is 2.29. The molecule has 0 aliphatic rings. The summed E-state index contributed by atoms with van der Waals surface area (Å²) < 4.78 is 26.5. The summed E-state index contributed by atoms with van der Waals surface area (Å²) in [5.74, 6) is 0. The van der Waals surface area contributed by atoms with Crippen LogP contribution in [0.1, 0.15) is 31.9 Å². The smallest absolute Gasteiger partial charge is 0.271 e. The number of anilines is 1. The number of nitrogens with zero attached hydrogens (tertiary/aromatic N) is 3. The highest BCUT2D eigenvalue weighted by atomic mass is 32.2. The van der Waals surface area contributed by atoms with Crippen LogP contribution in [0.5, 0.6) is 0 Å². The van der Waals surface area contributed by atoms with Gasteiger partial charge in [-0.15, -0.1) is 0 Å². The topological polar surface area (TPSA) is 105 Å². The van der Waals surface area contributed by atoms with E-state index in [4.69, 9.17) is 0 Å². The molecule has 0 aromatic heterocycles. The zero-order chi connectivity index (χ0) is 20.9. The molecule has 150 valence electrons. The summed E-state index contributed by atoms with van der Waals surface area (Å²) in [6.07, 6.45) is 0. The van der Waals surface area contributed by atoms with Crippen LogP contribution in [0.3, 0.4) is 0 Å². The van der Waals surface area contributed by atoms with E-state index in [-0.39, 0.29) is 29.4 Å². The van der Waals surface area contributed by atoms with Crippen LogP contribution in [0.25, 0.3) is 0 Å². The molecule has 0 aliphatic heterocycles. The normalized spacial score (nSPS) is 12.2. The Morgan fingerprint density at radius 2 is 1.82 bits per heavy atom. The SMILES string of the molecule is CCN(CC)S(=O)(=O)c1ccc(N/N=C(/C)c2ccccc2C)c([N+](=O)[O-])c1. The van der Waals surface area contributed by atoms with Crippen LogP contribution < -0.4 is 5.43 Å². The maximum absolute atomic E-state index is 12.6. The van der Waals surface area contributed by atoms with Crippen LogP contribution in [0.2, 0.25) is 0 Å². The first kappa shape index (κ1) is 21.5. The van der Waals surface area contributed by atoms with E-state index in [0.29, 0.717) is 5.71 Å². The van der Waals surface area contributed by atoms with E-state index in [9.17, 15) is 18.5 Å². The summed E-state index contributed by atoms with van der Waals surface area (Å²) in [4.78, 5) is 10.7. The van der Waals surface area contributed by atoms with Crippen molar-refractivity contribution >= 4 is 27.1 Å². The van der Waals surface area contributed by atoms with Gasteiger partial charge in [-0.2, -0.15) is 9.41 Å². The Labute approximate surface area is 165 Å². The fraction of sp³-hybridized carbons (Fsp3) is 0.316. The number of rotatable bonds is 8. The number of hydrogen-bond acceptors (Lipinski definition) is 6. The van der Waals surface area contributed by atoms with Gasteiger partial charge in [0.15, 0.2) is 0 Å². The molecule has 0 heterocycles. The molecule has 0 fully saturated rings. The number of nitro groups is 1. The van der Waals surface area contributed by atoms with Gasteiger partial charge in [-0.3, -0.25) is 15.5 Å². The van der Waals surface area contributed by atoms with Crippen molar-refractivity contribution in [3.8, 4) is 0 Å².